The second-order valence-electron chi connectivity index (χ2n) is 7.21. The normalized spacial score (nSPS) is 16.4. The fraction of sp³-hybridized carbons (Fsp3) is 0.375. The Morgan fingerprint density at radius 2 is 1.93 bits per heavy atom. The van der Waals surface area contributed by atoms with Gasteiger partial charge in [0.25, 0.3) is 5.91 Å². The lowest BCUT2D eigenvalue weighted by Crippen LogP contribution is -2.30. The van der Waals surface area contributed by atoms with Crippen molar-refractivity contribution in [3.05, 3.63) is 65.0 Å². The van der Waals surface area contributed by atoms with Gasteiger partial charge in [-0.25, -0.2) is 4.39 Å². The van der Waals surface area contributed by atoms with Crippen molar-refractivity contribution in [2.24, 2.45) is 0 Å². The van der Waals surface area contributed by atoms with Crippen LogP contribution in [-0.4, -0.2) is 48.7 Å². The minimum absolute atomic E-state index is 0.0164. The quantitative estimate of drug-likeness (QED) is 0.790. The molecule has 0 saturated heterocycles. The minimum atomic E-state index is -0.371. The number of nitrogens with one attached hydrogen (secondary N) is 1. The second kappa shape index (κ2) is 10.3. The standard InChI is InChI=1S/C24H29FN2O3/c1-3-27(4-2)24(29)17-8-10-20(22(28)15-17)19-7-5-12-26-13-6-14-30-23-11-9-18(25)16-21(19)23/h7-11,15-16,26,28H,3-6,12-14H2,1-2H3/b19-7-. The van der Waals surface area contributed by atoms with Crippen LogP contribution in [0.2, 0.25) is 0 Å². The highest BCUT2D eigenvalue weighted by atomic mass is 19.1. The highest BCUT2D eigenvalue weighted by Gasteiger charge is 2.19. The third-order valence-corrected chi connectivity index (χ3v) is 5.24. The van der Waals surface area contributed by atoms with Gasteiger partial charge in [0.15, 0.2) is 0 Å². The zero-order valence-electron chi connectivity index (χ0n) is 17.6. The molecule has 0 spiro atoms. The number of carbonyl (C=O) groups is 1. The minimum Gasteiger partial charge on any atom is -0.507 e. The van der Waals surface area contributed by atoms with Crippen LogP contribution < -0.4 is 10.1 Å². The SMILES string of the molecule is CCN(CC)C(=O)c1ccc(/C2=C/CCNCCCOc3ccc(F)cc32)c(O)c1. The molecule has 0 bridgehead atoms. The maximum Gasteiger partial charge on any atom is 0.253 e. The molecule has 0 atom stereocenters. The van der Waals surface area contributed by atoms with Gasteiger partial charge in [0.05, 0.1) is 6.61 Å². The van der Waals surface area contributed by atoms with Crippen LogP contribution in [0.25, 0.3) is 5.57 Å². The van der Waals surface area contributed by atoms with Gasteiger partial charge in [-0.2, -0.15) is 0 Å². The van der Waals surface area contributed by atoms with Crippen molar-refractivity contribution >= 4 is 11.5 Å². The molecule has 1 aliphatic rings. The first-order valence-electron chi connectivity index (χ1n) is 10.5. The number of fused-ring (bicyclic) bond motifs is 1. The van der Waals surface area contributed by atoms with E-state index >= 15 is 0 Å². The van der Waals surface area contributed by atoms with Gasteiger partial charge in [-0.05, 0) is 81.7 Å². The molecule has 1 aliphatic heterocycles. The van der Waals surface area contributed by atoms with E-state index < -0.39 is 0 Å². The summed E-state index contributed by atoms with van der Waals surface area (Å²) in [5.41, 5.74) is 2.25. The fourth-order valence-electron chi connectivity index (χ4n) is 3.61. The van der Waals surface area contributed by atoms with Gasteiger partial charge in [-0.1, -0.05) is 6.08 Å². The van der Waals surface area contributed by atoms with Crippen molar-refractivity contribution in [2.75, 3.05) is 32.8 Å². The number of phenols is 1. The molecule has 1 heterocycles. The van der Waals surface area contributed by atoms with Crippen molar-refractivity contribution in [2.45, 2.75) is 26.7 Å². The Bertz CT molecular complexity index is 923. The van der Waals surface area contributed by atoms with Gasteiger partial charge in [0.1, 0.15) is 17.3 Å². The van der Waals surface area contributed by atoms with E-state index in [2.05, 4.69) is 5.32 Å². The van der Waals surface area contributed by atoms with Crippen LogP contribution in [0.15, 0.2) is 42.5 Å². The lowest BCUT2D eigenvalue weighted by atomic mass is 9.94. The molecular formula is C24H29FN2O3. The zero-order chi connectivity index (χ0) is 21.5. The second-order valence-corrected chi connectivity index (χ2v) is 7.21. The largest absolute Gasteiger partial charge is 0.507 e. The number of nitrogens with zero attached hydrogens (tertiary/aromatic N) is 1. The Labute approximate surface area is 177 Å². The summed E-state index contributed by atoms with van der Waals surface area (Å²) in [5.74, 6) is 0.0610. The Balaban J connectivity index is 2.05. The molecule has 3 rings (SSSR count). The van der Waals surface area contributed by atoms with E-state index in [1.165, 1.54) is 18.2 Å². The van der Waals surface area contributed by atoms with E-state index in [0.717, 1.165) is 19.5 Å². The molecule has 30 heavy (non-hydrogen) atoms. The van der Waals surface area contributed by atoms with Crippen LogP contribution in [-0.2, 0) is 0 Å². The number of halogens is 1. The Morgan fingerprint density at radius 1 is 1.13 bits per heavy atom. The van der Waals surface area contributed by atoms with Crippen molar-refractivity contribution < 1.29 is 19.0 Å². The van der Waals surface area contributed by atoms with Gasteiger partial charge in [-0.15, -0.1) is 0 Å². The predicted octanol–water partition coefficient (Wildman–Crippen LogP) is 4.21. The van der Waals surface area contributed by atoms with Crippen LogP contribution in [0.4, 0.5) is 4.39 Å². The van der Waals surface area contributed by atoms with E-state index in [-0.39, 0.29) is 17.5 Å². The summed E-state index contributed by atoms with van der Waals surface area (Å²) in [6.45, 7) is 7.16. The zero-order valence-corrected chi connectivity index (χ0v) is 17.6. The van der Waals surface area contributed by atoms with Crippen molar-refractivity contribution in [1.29, 1.82) is 0 Å². The van der Waals surface area contributed by atoms with E-state index in [0.29, 0.717) is 54.1 Å². The van der Waals surface area contributed by atoms with E-state index in [1.54, 1.807) is 23.1 Å². The van der Waals surface area contributed by atoms with Crippen LogP contribution in [0.1, 0.15) is 48.2 Å². The third-order valence-electron chi connectivity index (χ3n) is 5.24. The number of carbonyl (C=O) groups excluding carboxylic acids is 1. The summed E-state index contributed by atoms with van der Waals surface area (Å²) in [5, 5.41) is 14.1. The summed E-state index contributed by atoms with van der Waals surface area (Å²) in [4.78, 5) is 14.3. The average molecular weight is 413 g/mol. The molecule has 2 aromatic rings. The fourth-order valence-corrected chi connectivity index (χ4v) is 3.61. The number of aromatic hydroxyl groups is 1. The number of hydrogen-bond donors (Lipinski definition) is 2. The lowest BCUT2D eigenvalue weighted by molar-refractivity contribution is 0.0772. The average Bonchev–Trinajstić information content (AvgIpc) is 2.79. The molecule has 160 valence electrons. The summed E-state index contributed by atoms with van der Waals surface area (Å²) in [6.07, 6.45) is 3.53. The molecule has 0 saturated carbocycles. The number of amides is 1. The molecule has 0 radical (unpaired) electrons. The number of ether oxygens (including phenoxy) is 1. The van der Waals surface area contributed by atoms with Gasteiger partial charge in [0, 0.05) is 29.8 Å². The molecule has 5 nitrogen and oxygen atoms in total. The Morgan fingerprint density at radius 3 is 2.67 bits per heavy atom. The Hall–Kier alpha value is -2.86. The van der Waals surface area contributed by atoms with Crippen molar-refractivity contribution in [3.63, 3.8) is 0 Å². The number of rotatable bonds is 4. The summed E-state index contributed by atoms with van der Waals surface area (Å²) >= 11 is 0. The number of phenolic OH excluding ortho intramolecular Hbond substituents is 1. The van der Waals surface area contributed by atoms with Crippen LogP contribution in [0.3, 0.4) is 0 Å². The molecule has 0 fully saturated rings. The maximum absolute atomic E-state index is 14.1. The molecule has 0 aliphatic carbocycles. The van der Waals surface area contributed by atoms with E-state index in [1.807, 2.05) is 19.9 Å². The molecule has 0 aromatic heterocycles. The number of benzene rings is 2. The third kappa shape index (κ3) is 5.00. The van der Waals surface area contributed by atoms with E-state index in [4.69, 9.17) is 4.74 Å². The highest BCUT2D eigenvalue weighted by Crippen LogP contribution is 2.37. The number of hydrogen-bond acceptors (Lipinski definition) is 4. The van der Waals surface area contributed by atoms with Crippen LogP contribution in [0, 0.1) is 5.82 Å². The maximum atomic E-state index is 14.1. The molecular weight excluding hydrogens is 383 g/mol. The molecule has 2 N–H and O–H groups in total. The van der Waals surface area contributed by atoms with Gasteiger partial charge < -0.3 is 20.1 Å². The summed E-state index contributed by atoms with van der Waals surface area (Å²) < 4.78 is 20.0. The van der Waals surface area contributed by atoms with Crippen LogP contribution in [0.5, 0.6) is 11.5 Å². The summed E-state index contributed by atoms with van der Waals surface area (Å²) in [6, 6.07) is 9.35. The van der Waals surface area contributed by atoms with Crippen molar-refractivity contribution in [1.82, 2.24) is 10.2 Å². The van der Waals surface area contributed by atoms with Crippen molar-refractivity contribution in [3.8, 4) is 11.5 Å². The monoisotopic (exact) mass is 412 g/mol. The van der Waals surface area contributed by atoms with Gasteiger partial charge in [-0.3, -0.25) is 4.79 Å². The molecule has 1 amide bonds. The smallest absolute Gasteiger partial charge is 0.253 e. The highest BCUT2D eigenvalue weighted by molar-refractivity contribution is 5.96. The first kappa shape index (κ1) is 21.8. The summed E-state index contributed by atoms with van der Waals surface area (Å²) in [7, 11) is 0. The van der Waals surface area contributed by atoms with Gasteiger partial charge in [0.2, 0.25) is 0 Å². The predicted molar refractivity (Wildman–Crippen MR) is 116 cm³/mol. The lowest BCUT2D eigenvalue weighted by Gasteiger charge is -2.20. The molecule has 2 aromatic carbocycles. The first-order chi connectivity index (χ1) is 14.5. The molecule has 0 unspecified atom stereocenters. The van der Waals surface area contributed by atoms with Gasteiger partial charge >= 0.3 is 0 Å². The molecule has 6 heteroatoms. The van der Waals surface area contributed by atoms with Crippen LogP contribution >= 0.6 is 0 Å². The first-order valence-corrected chi connectivity index (χ1v) is 10.5. The Kier molecular flexibility index (Phi) is 7.46. The van der Waals surface area contributed by atoms with E-state index in [9.17, 15) is 14.3 Å². The topological polar surface area (TPSA) is 61.8 Å².